The lowest BCUT2D eigenvalue weighted by Crippen LogP contribution is -2.28. The molecule has 3 nitrogen and oxygen atoms in total. The Morgan fingerprint density at radius 3 is 2.71 bits per heavy atom. The van der Waals surface area contributed by atoms with Crippen LogP contribution in [0.15, 0.2) is 18.2 Å². The Morgan fingerprint density at radius 1 is 1.35 bits per heavy atom. The number of aromatic hydroxyl groups is 1. The van der Waals surface area contributed by atoms with Crippen molar-refractivity contribution < 1.29 is 9.84 Å². The highest BCUT2D eigenvalue weighted by Gasteiger charge is 2.20. The quantitative estimate of drug-likeness (QED) is 0.871. The van der Waals surface area contributed by atoms with Crippen molar-refractivity contribution in [1.82, 2.24) is 4.90 Å². The van der Waals surface area contributed by atoms with E-state index in [0.717, 1.165) is 17.9 Å². The average molecular weight is 235 g/mol. The van der Waals surface area contributed by atoms with Gasteiger partial charge in [-0.05, 0) is 38.1 Å². The summed E-state index contributed by atoms with van der Waals surface area (Å²) < 4.78 is 5.19. The van der Waals surface area contributed by atoms with E-state index in [-0.39, 0.29) is 0 Å². The monoisotopic (exact) mass is 235 g/mol. The maximum absolute atomic E-state index is 9.84. The number of phenols is 1. The Balaban J connectivity index is 2.06. The van der Waals surface area contributed by atoms with Crippen LogP contribution in [0.5, 0.6) is 11.5 Å². The van der Waals surface area contributed by atoms with Crippen LogP contribution in [0, 0.1) is 0 Å². The van der Waals surface area contributed by atoms with E-state index < -0.39 is 0 Å². The van der Waals surface area contributed by atoms with E-state index in [9.17, 15) is 5.11 Å². The standard InChI is InChI=1S/C14H21NO2/c1-15(12-5-3-4-6-12)10-11-9-13(17-2)7-8-14(11)16/h7-9,12,16H,3-6,10H2,1-2H3. The van der Waals surface area contributed by atoms with Crippen molar-refractivity contribution in [3.63, 3.8) is 0 Å². The lowest BCUT2D eigenvalue weighted by molar-refractivity contribution is 0.234. The van der Waals surface area contributed by atoms with Gasteiger partial charge in [-0.15, -0.1) is 0 Å². The van der Waals surface area contributed by atoms with Gasteiger partial charge in [-0.25, -0.2) is 0 Å². The Labute approximate surface area is 103 Å². The van der Waals surface area contributed by atoms with Crippen LogP contribution in [0.2, 0.25) is 0 Å². The largest absolute Gasteiger partial charge is 0.508 e. The van der Waals surface area contributed by atoms with Gasteiger partial charge in [0.1, 0.15) is 11.5 Å². The molecule has 17 heavy (non-hydrogen) atoms. The molecule has 0 amide bonds. The fourth-order valence-corrected chi connectivity index (χ4v) is 2.56. The summed E-state index contributed by atoms with van der Waals surface area (Å²) >= 11 is 0. The number of rotatable bonds is 4. The molecule has 1 aromatic carbocycles. The van der Waals surface area contributed by atoms with Crippen molar-refractivity contribution in [2.75, 3.05) is 14.2 Å². The molecule has 0 aliphatic heterocycles. The van der Waals surface area contributed by atoms with Gasteiger partial charge in [-0.1, -0.05) is 12.8 Å². The molecule has 0 atom stereocenters. The maximum Gasteiger partial charge on any atom is 0.120 e. The van der Waals surface area contributed by atoms with E-state index in [2.05, 4.69) is 11.9 Å². The maximum atomic E-state index is 9.84. The summed E-state index contributed by atoms with van der Waals surface area (Å²) in [6.07, 6.45) is 5.22. The second-order valence-electron chi connectivity index (χ2n) is 4.85. The lowest BCUT2D eigenvalue weighted by atomic mass is 10.1. The minimum absolute atomic E-state index is 0.357. The first-order valence-electron chi connectivity index (χ1n) is 6.27. The van der Waals surface area contributed by atoms with E-state index in [1.54, 1.807) is 19.2 Å². The van der Waals surface area contributed by atoms with Crippen molar-refractivity contribution >= 4 is 0 Å². The first-order chi connectivity index (χ1) is 8.20. The fourth-order valence-electron chi connectivity index (χ4n) is 2.56. The van der Waals surface area contributed by atoms with Crippen molar-refractivity contribution in [3.8, 4) is 11.5 Å². The third-order valence-corrected chi connectivity index (χ3v) is 3.65. The van der Waals surface area contributed by atoms with Gasteiger partial charge in [0.05, 0.1) is 7.11 Å². The Bertz CT molecular complexity index is 372. The molecule has 0 saturated heterocycles. The molecule has 0 radical (unpaired) electrons. The van der Waals surface area contributed by atoms with Crippen LogP contribution in [0.3, 0.4) is 0 Å². The zero-order valence-corrected chi connectivity index (χ0v) is 10.6. The molecule has 1 saturated carbocycles. The molecule has 3 heteroatoms. The van der Waals surface area contributed by atoms with E-state index in [0.29, 0.717) is 11.8 Å². The van der Waals surface area contributed by atoms with Crippen LogP contribution < -0.4 is 4.74 Å². The molecular formula is C14H21NO2. The highest BCUT2D eigenvalue weighted by molar-refractivity contribution is 5.39. The molecular weight excluding hydrogens is 214 g/mol. The number of phenolic OH excluding ortho intramolecular Hbond substituents is 1. The summed E-state index contributed by atoms with van der Waals surface area (Å²) in [4.78, 5) is 2.33. The zero-order valence-electron chi connectivity index (χ0n) is 10.6. The third-order valence-electron chi connectivity index (χ3n) is 3.65. The Kier molecular flexibility index (Phi) is 3.89. The van der Waals surface area contributed by atoms with Crippen molar-refractivity contribution in [1.29, 1.82) is 0 Å². The van der Waals surface area contributed by atoms with E-state index in [4.69, 9.17) is 4.74 Å². The molecule has 94 valence electrons. The van der Waals surface area contributed by atoms with Gasteiger partial charge in [-0.3, -0.25) is 4.90 Å². The van der Waals surface area contributed by atoms with Gasteiger partial charge in [-0.2, -0.15) is 0 Å². The molecule has 1 aliphatic carbocycles. The molecule has 2 rings (SSSR count). The average Bonchev–Trinajstić information content (AvgIpc) is 2.85. The fraction of sp³-hybridized carbons (Fsp3) is 0.571. The van der Waals surface area contributed by atoms with Crippen molar-refractivity contribution in [3.05, 3.63) is 23.8 Å². The number of methoxy groups -OCH3 is 1. The highest BCUT2D eigenvalue weighted by Crippen LogP contribution is 2.27. The van der Waals surface area contributed by atoms with Crippen LogP contribution >= 0.6 is 0 Å². The first kappa shape index (κ1) is 12.2. The first-order valence-corrected chi connectivity index (χ1v) is 6.27. The van der Waals surface area contributed by atoms with Gasteiger partial charge in [0.15, 0.2) is 0 Å². The topological polar surface area (TPSA) is 32.7 Å². The van der Waals surface area contributed by atoms with Gasteiger partial charge in [0, 0.05) is 18.2 Å². The minimum atomic E-state index is 0.357. The second-order valence-corrected chi connectivity index (χ2v) is 4.85. The number of ether oxygens (including phenoxy) is 1. The summed E-state index contributed by atoms with van der Waals surface area (Å²) in [7, 11) is 3.78. The Hall–Kier alpha value is -1.22. The smallest absolute Gasteiger partial charge is 0.120 e. The highest BCUT2D eigenvalue weighted by atomic mass is 16.5. The molecule has 0 unspecified atom stereocenters. The SMILES string of the molecule is COc1ccc(O)c(CN(C)C2CCCC2)c1. The van der Waals surface area contributed by atoms with Crippen LogP contribution in [0.25, 0.3) is 0 Å². The van der Waals surface area contributed by atoms with E-state index >= 15 is 0 Å². The number of hydrogen-bond acceptors (Lipinski definition) is 3. The Morgan fingerprint density at radius 2 is 2.06 bits per heavy atom. The minimum Gasteiger partial charge on any atom is -0.508 e. The third kappa shape index (κ3) is 2.91. The van der Waals surface area contributed by atoms with Gasteiger partial charge >= 0.3 is 0 Å². The normalized spacial score (nSPS) is 16.6. The zero-order chi connectivity index (χ0) is 12.3. The number of benzene rings is 1. The number of nitrogens with zero attached hydrogens (tertiary/aromatic N) is 1. The molecule has 1 N–H and O–H groups in total. The molecule has 0 bridgehead atoms. The summed E-state index contributed by atoms with van der Waals surface area (Å²) in [6.45, 7) is 0.785. The molecule has 0 spiro atoms. The van der Waals surface area contributed by atoms with E-state index in [1.165, 1.54) is 25.7 Å². The van der Waals surface area contributed by atoms with Crippen LogP contribution in [0.4, 0.5) is 0 Å². The lowest BCUT2D eigenvalue weighted by Gasteiger charge is -2.24. The summed E-state index contributed by atoms with van der Waals surface area (Å²) in [5, 5.41) is 9.84. The van der Waals surface area contributed by atoms with E-state index in [1.807, 2.05) is 6.07 Å². The van der Waals surface area contributed by atoms with Gasteiger partial charge in [0.2, 0.25) is 0 Å². The van der Waals surface area contributed by atoms with Crippen molar-refractivity contribution in [2.24, 2.45) is 0 Å². The summed E-state index contributed by atoms with van der Waals surface area (Å²) in [5.74, 6) is 1.16. The van der Waals surface area contributed by atoms with Crippen LogP contribution in [-0.2, 0) is 6.54 Å². The predicted octanol–water partition coefficient (Wildman–Crippen LogP) is 2.78. The van der Waals surface area contributed by atoms with Gasteiger partial charge < -0.3 is 9.84 Å². The molecule has 1 aliphatic rings. The van der Waals surface area contributed by atoms with Crippen LogP contribution in [-0.4, -0.2) is 30.2 Å². The molecule has 1 aromatic rings. The molecule has 0 heterocycles. The number of hydrogen-bond donors (Lipinski definition) is 1. The van der Waals surface area contributed by atoms with Crippen LogP contribution in [0.1, 0.15) is 31.2 Å². The second kappa shape index (κ2) is 5.41. The predicted molar refractivity (Wildman–Crippen MR) is 68.4 cm³/mol. The summed E-state index contributed by atoms with van der Waals surface area (Å²) in [6, 6.07) is 6.08. The summed E-state index contributed by atoms with van der Waals surface area (Å²) in [5.41, 5.74) is 0.943. The van der Waals surface area contributed by atoms with Gasteiger partial charge in [0.25, 0.3) is 0 Å². The molecule has 1 fully saturated rings. The molecule has 0 aromatic heterocycles. The van der Waals surface area contributed by atoms with Crippen molar-refractivity contribution in [2.45, 2.75) is 38.3 Å².